The predicted octanol–water partition coefficient (Wildman–Crippen LogP) is 16.6. The summed E-state index contributed by atoms with van der Waals surface area (Å²) in [5, 5.41) is 8.67. The molecule has 0 N–H and O–H groups in total. The van der Waals surface area contributed by atoms with E-state index in [1.807, 2.05) is 0 Å². The van der Waals surface area contributed by atoms with Crippen molar-refractivity contribution < 1.29 is 8.78 Å². The van der Waals surface area contributed by atoms with Crippen molar-refractivity contribution >= 4 is 75.4 Å². The van der Waals surface area contributed by atoms with Crippen LogP contribution in [0.3, 0.4) is 0 Å². The third-order valence-electron chi connectivity index (χ3n) is 11.8. The first-order valence-electron chi connectivity index (χ1n) is 20.4. The van der Waals surface area contributed by atoms with Crippen molar-refractivity contribution in [3.63, 3.8) is 0 Å². The van der Waals surface area contributed by atoms with Crippen LogP contribution in [0, 0.1) is 11.6 Å². The van der Waals surface area contributed by atoms with Crippen molar-refractivity contribution in [2.45, 2.75) is 0 Å². The third kappa shape index (κ3) is 6.02. The molecule has 0 amide bonds. The van der Waals surface area contributed by atoms with Crippen LogP contribution in [0.25, 0.3) is 118 Å². The average molecular weight is 835 g/mol. The van der Waals surface area contributed by atoms with E-state index in [4.69, 9.17) is 9.97 Å². The maximum absolute atomic E-state index is 14.2. The second kappa shape index (κ2) is 14.7. The van der Waals surface area contributed by atoms with Gasteiger partial charge in [0.2, 0.25) is 0 Å². The second-order valence-corrected chi connectivity index (χ2v) is 17.6. The van der Waals surface area contributed by atoms with Crippen molar-refractivity contribution in [2.75, 3.05) is 0 Å². The van der Waals surface area contributed by atoms with Crippen molar-refractivity contribution in [3.8, 4) is 65.6 Å². The fourth-order valence-corrected chi connectivity index (χ4v) is 11.1. The lowest BCUT2D eigenvalue weighted by Crippen LogP contribution is -1.97. The van der Waals surface area contributed by atoms with E-state index in [9.17, 15) is 8.78 Å². The molecule has 0 fully saturated rings. The van der Waals surface area contributed by atoms with Gasteiger partial charge in [0.1, 0.15) is 21.6 Å². The highest BCUT2D eigenvalue weighted by molar-refractivity contribution is 7.22. The van der Waals surface area contributed by atoms with Gasteiger partial charge in [-0.25, -0.2) is 18.7 Å². The summed E-state index contributed by atoms with van der Waals surface area (Å²) in [7, 11) is 0. The smallest absolute Gasteiger partial charge is 0.124 e. The van der Waals surface area contributed by atoms with Gasteiger partial charge in [-0.05, 0) is 113 Å². The summed E-state index contributed by atoms with van der Waals surface area (Å²) in [6.07, 6.45) is 0. The van der Waals surface area contributed by atoms with Crippen LogP contribution in [-0.4, -0.2) is 9.97 Å². The van der Waals surface area contributed by atoms with E-state index < -0.39 is 0 Å². The van der Waals surface area contributed by atoms with Crippen molar-refractivity contribution in [1.82, 2.24) is 9.97 Å². The number of hydrogen-bond acceptors (Lipinski definition) is 4. The lowest BCUT2D eigenvalue weighted by Gasteiger charge is -2.25. The number of rotatable bonds is 6. The highest BCUT2D eigenvalue weighted by Crippen LogP contribution is 2.54. The molecule has 2 nitrogen and oxygen atoms in total. The van der Waals surface area contributed by atoms with Crippen LogP contribution in [0.15, 0.2) is 194 Å². The van der Waals surface area contributed by atoms with Crippen molar-refractivity contribution in [2.24, 2.45) is 0 Å². The Labute approximate surface area is 363 Å². The van der Waals surface area contributed by atoms with Crippen LogP contribution in [0.1, 0.15) is 0 Å². The lowest BCUT2D eigenvalue weighted by atomic mass is 9.77. The molecular formula is C56H32F2N2S2. The summed E-state index contributed by atoms with van der Waals surface area (Å²) < 4.78 is 30.0. The normalized spacial score (nSPS) is 11.7. The van der Waals surface area contributed by atoms with Gasteiger partial charge in [0.25, 0.3) is 0 Å². The molecule has 0 radical (unpaired) electrons. The SMILES string of the molecule is Fc1ccc2nc(-c3ccc(-c4c5ccccc5c(-c5ccc(-c6nc7ccc(F)cc7s6)cc5)c5c(-c6ccccc6)c6ccccc6c(-c6ccccc6)c45)cc3)sc2c1. The molecule has 0 atom stereocenters. The topological polar surface area (TPSA) is 25.8 Å². The highest BCUT2D eigenvalue weighted by atomic mass is 32.1. The van der Waals surface area contributed by atoms with Gasteiger partial charge in [-0.1, -0.05) is 158 Å². The predicted molar refractivity (Wildman–Crippen MR) is 258 cm³/mol. The van der Waals surface area contributed by atoms with Crippen molar-refractivity contribution in [1.29, 1.82) is 0 Å². The van der Waals surface area contributed by atoms with E-state index in [-0.39, 0.29) is 11.6 Å². The molecule has 292 valence electrons. The molecule has 0 aliphatic carbocycles. The van der Waals surface area contributed by atoms with Crippen LogP contribution < -0.4 is 0 Å². The highest BCUT2D eigenvalue weighted by Gasteiger charge is 2.26. The Kier molecular flexibility index (Phi) is 8.63. The van der Waals surface area contributed by atoms with E-state index >= 15 is 0 Å². The van der Waals surface area contributed by atoms with Gasteiger partial charge in [-0.15, -0.1) is 22.7 Å². The summed E-state index contributed by atoms with van der Waals surface area (Å²) in [6, 6.07) is 66.1. The Morgan fingerprint density at radius 3 is 0.968 bits per heavy atom. The standard InChI is InChI=1S/C56H32F2N2S2/c57-39-27-29-45-47(31-39)61-55(59-45)37-23-19-35(20-24-37)51-43-17-9-10-18-44(43)52(36-21-25-38(26-22-36)56-60-46-30-28-40(58)32-48(46)62-56)54-50(34-13-5-2-6-14-34)42-16-8-7-15-41(42)49(53(51)54)33-11-3-1-4-12-33/h1-32H. The Morgan fingerprint density at radius 1 is 0.306 bits per heavy atom. The average Bonchev–Trinajstić information content (AvgIpc) is 3.95. The fourth-order valence-electron chi connectivity index (χ4n) is 9.14. The number of thiazole rings is 2. The first-order chi connectivity index (χ1) is 30.6. The molecule has 0 bridgehead atoms. The zero-order valence-electron chi connectivity index (χ0n) is 32.9. The van der Waals surface area contributed by atoms with E-state index in [2.05, 4.69) is 158 Å². The molecule has 0 spiro atoms. The minimum Gasteiger partial charge on any atom is -0.236 e. The minimum atomic E-state index is -0.260. The molecule has 0 aliphatic rings. The molecule has 0 aliphatic heterocycles. The van der Waals surface area contributed by atoms with Crippen LogP contribution >= 0.6 is 22.7 Å². The van der Waals surface area contributed by atoms with Crippen LogP contribution in [0.5, 0.6) is 0 Å². The monoisotopic (exact) mass is 834 g/mol. The first-order valence-corrected chi connectivity index (χ1v) is 22.1. The molecule has 10 aromatic carbocycles. The van der Waals surface area contributed by atoms with Gasteiger partial charge in [0.15, 0.2) is 0 Å². The van der Waals surface area contributed by atoms with Gasteiger partial charge >= 0.3 is 0 Å². The largest absolute Gasteiger partial charge is 0.236 e. The Hall–Kier alpha value is -7.38. The van der Waals surface area contributed by atoms with Gasteiger partial charge in [-0.2, -0.15) is 0 Å². The molecule has 2 heterocycles. The van der Waals surface area contributed by atoms with Crippen molar-refractivity contribution in [3.05, 3.63) is 206 Å². The van der Waals surface area contributed by atoms with Crippen LogP contribution in [0.4, 0.5) is 8.78 Å². The van der Waals surface area contributed by atoms with E-state index in [1.165, 1.54) is 67.5 Å². The summed E-state index contributed by atoms with van der Waals surface area (Å²) >= 11 is 3.01. The van der Waals surface area contributed by atoms with Gasteiger partial charge in [-0.3, -0.25) is 0 Å². The molecule has 0 saturated heterocycles. The quantitative estimate of drug-likeness (QED) is 0.156. The number of halogens is 2. The Balaban J connectivity index is 1.19. The van der Waals surface area contributed by atoms with E-state index in [0.717, 1.165) is 85.7 Å². The second-order valence-electron chi connectivity index (χ2n) is 15.5. The zero-order chi connectivity index (χ0) is 41.3. The number of fused-ring (bicyclic) bond motifs is 5. The number of benzene rings is 10. The van der Waals surface area contributed by atoms with Gasteiger partial charge < -0.3 is 0 Å². The lowest BCUT2D eigenvalue weighted by molar-refractivity contribution is 0.629. The summed E-state index contributed by atoms with van der Waals surface area (Å²) in [6.45, 7) is 0. The Bertz CT molecular complexity index is 3440. The molecule has 0 saturated carbocycles. The molecule has 12 rings (SSSR count). The van der Waals surface area contributed by atoms with Crippen LogP contribution in [0.2, 0.25) is 0 Å². The van der Waals surface area contributed by atoms with E-state index in [0.29, 0.717) is 0 Å². The molecular weight excluding hydrogens is 803 g/mol. The van der Waals surface area contributed by atoms with Crippen LogP contribution in [-0.2, 0) is 0 Å². The molecule has 62 heavy (non-hydrogen) atoms. The molecule has 12 aromatic rings. The maximum Gasteiger partial charge on any atom is 0.124 e. The Morgan fingerprint density at radius 2 is 0.613 bits per heavy atom. The minimum absolute atomic E-state index is 0.260. The van der Waals surface area contributed by atoms with Gasteiger partial charge in [0.05, 0.1) is 20.4 Å². The maximum atomic E-state index is 14.2. The number of hydrogen-bond donors (Lipinski definition) is 0. The summed E-state index contributed by atoms with van der Waals surface area (Å²) in [5.74, 6) is -0.521. The third-order valence-corrected chi connectivity index (χ3v) is 14.0. The first kappa shape index (κ1) is 36.5. The number of nitrogens with zero attached hydrogens (tertiary/aromatic N) is 2. The molecule has 2 aromatic heterocycles. The number of aromatic nitrogens is 2. The molecule has 0 unspecified atom stereocenters. The van der Waals surface area contributed by atoms with E-state index in [1.54, 1.807) is 24.3 Å². The zero-order valence-corrected chi connectivity index (χ0v) is 34.6. The fraction of sp³-hybridized carbons (Fsp3) is 0. The summed E-state index contributed by atoms with van der Waals surface area (Å²) in [4.78, 5) is 9.76. The van der Waals surface area contributed by atoms with Gasteiger partial charge in [0, 0.05) is 11.1 Å². The molecule has 6 heteroatoms. The summed E-state index contributed by atoms with van der Waals surface area (Å²) in [5.41, 5.74) is 12.6.